The smallest absolute Gasteiger partial charge is 0.251 e. The Balaban J connectivity index is 1.86. The van der Waals surface area contributed by atoms with E-state index in [1.54, 1.807) is 0 Å². The highest BCUT2D eigenvalue weighted by molar-refractivity contribution is 5.94. The molecule has 0 radical (unpaired) electrons. The molecular formula is C19H30N2O2. The maximum absolute atomic E-state index is 12.2. The van der Waals surface area contributed by atoms with Crippen LogP contribution in [0.1, 0.15) is 49.5 Å². The number of nitrogens with zero attached hydrogens (tertiary/aromatic N) is 1. The number of benzene rings is 1. The average Bonchev–Trinajstić information content (AvgIpc) is 2.56. The minimum atomic E-state index is 0.00140. The Morgan fingerprint density at radius 3 is 2.35 bits per heavy atom. The molecule has 2 rings (SSSR count). The van der Waals surface area contributed by atoms with Crippen LogP contribution in [-0.2, 0) is 6.54 Å². The van der Waals surface area contributed by atoms with Crippen molar-refractivity contribution in [3.8, 4) is 0 Å². The molecule has 1 saturated heterocycles. The first-order valence-corrected chi connectivity index (χ1v) is 8.72. The lowest BCUT2D eigenvalue weighted by Crippen LogP contribution is -2.36. The van der Waals surface area contributed by atoms with Crippen molar-refractivity contribution in [2.45, 2.75) is 46.2 Å². The molecule has 4 heteroatoms. The summed E-state index contributed by atoms with van der Waals surface area (Å²) in [5, 5.41) is 12.2. The number of aliphatic hydroxyl groups is 1. The van der Waals surface area contributed by atoms with E-state index in [1.165, 1.54) is 5.56 Å². The largest absolute Gasteiger partial charge is 0.396 e. The van der Waals surface area contributed by atoms with Gasteiger partial charge in [-0.15, -0.1) is 0 Å². The lowest BCUT2D eigenvalue weighted by atomic mass is 9.97. The van der Waals surface area contributed by atoms with Crippen LogP contribution in [-0.4, -0.2) is 41.7 Å². The predicted octanol–water partition coefficient (Wildman–Crippen LogP) is 2.67. The van der Waals surface area contributed by atoms with Crippen molar-refractivity contribution in [2.24, 2.45) is 11.8 Å². The summed E-state index contributed by atoms with van der Waals surface area (Å²) in [5.74, 6) is 0.904. The van der Waals surface area contributed by atoms with Gasteiger partial charge in [0.05, 0.1) is 0 Å². The Morgan fingerprint density at radius 2 is 1.83 bits per heavy atom. The maximum atomic E-state index is 12.2. The summed E-state index contributed by atoms with van der Waals surface area (Å²) in [4.78, 5) is 14.6. The summed E-state index contributed by atoms with van der Waals surface area (Å²) >= 11 is 0. The summed E-state index contributed by atoms with van der Waals surface area (Å²) in [6, 6.07) is 8.10. The van der Waals surface area contributed by atoms with Gasteiger partial charge >= 0.3 is 0 Å². The molecule has 1 amide bonds. The molecule has 1 aromatic rings. The van der Waals surface area contributed by atoms with Crippen LogP contribution in [0.2, 0.25) is 0 Å². The average molecular weight is 318 g/mol. The zero-order valence-corrected chi connectivity index (χ0v) is 14.6. The number of nitrogens with one attached hydrogen (secondary N) is 1. The summed E-state index contributed by atoms with van der Waals surface area (Å²) in [6.07, 6.45) is 2.15. The fourth-order valence-electron chi connectivity index (χ4n) is 2.80. The quantitative estimate of drug-likeness (QED) is 0.848. The SMILES string of the molecule is CC(C)C(C)NC(=O)c1ccc(CN2CCC(CO)CC2)cc1. The number of carbonyl (C=O) groups excluding carboxylic acids is 1. The molecule has 1 aliphatic heterocycles. The highest BCUT2D eigenvalue weighted by Gasteiger charge is 2.18. The summed E-state index contributed by atoms with van der Waals surface area (Å²) in [6.45, 7) is 9.56. The van der Waals surface area contributed by atoms with Gasteiger partial charge in [-0.1, -0.05) is 26.0 Å². The first kappa shape index (κ1) is 18.0. The lowest BCUT2D eigenvalue weighted by molar-refractivity contribution is 0.0930. The van der Waals surface area contributed by atoms with Gasteiger partial charge in [0.1, 0.15) is 0 Å². The predicted molar refractivity (Wildman–Crippen MR) is 93.3 cm³/mol. The van der Waals surface area contributed by atoms with Crippen molar-refractivity contribution in [3.05, 3.63) is 35.4 Å². The van der Waals surface area contributed by atoms with Crippen LogP contribution < -0.4 is 5.32 Å². The molecule has 2 N–H and O–H groups in total. The highest BCUT2D eigenvalue weighted by Crippen LogP contribution is 2.18. The van der Waals surface area contributed by atoms with Crippen molar-refractivity contribution < 1.29 is 9.90 Å². The second-order valence-corrected chi connectivity index (χ2v) is 7.11. The van der Waals surface area contributed by atoms with E-state index in [4.69, 9.17) is 0 Å². The molecule has 1 atom stereocenters. The molecule has 0 aliphatic carbocycles. The van der Waals surface area contributed by atoms with E-state index >= 15 is 0 Å². The zero-order valence-electron chi connectivity index (χ0n) is 14.6. The number of amides is 1. The van der Waals surface area contributed by atoms with E-state index in [2.05, 4.69) is 24.1 Å². The van der Waals surface area contributed by atoms with Crippen LogP contribution in [0.25, 0.3) is 0 Å². The van der Waals surface area contributed by atoms with Gasteiger partial charge in [-0.25, -0.2) is 0 Å². The minimum Gasteiger partial charge on any atom is -0.396 e. The van der Waals surface area contributed by atoms with E-state index in [-0.39, 0.29) is 11.9 Å². The second kappa shape index (κ2) is 8.46. The Kier molecular flexibility index (Phi) is 6.60. The Labute approximate surface area is 139 Å². The van der Waals surface area contributed by atoms with Gasteiger partial charge in [0.2, 0.25) is 0 Å². The monoisotopic (exact) mass is 318 g/mol. The van der Waals surface area contributed by atoms with Gasteiger partial charge in [0.25, 0.3) is 5.91 Å². The zero-order chi connectivity index (χ0) is 16.8. The Morgan fingerprint density at radius 1 is 1.22 bits per heavy atom. The Hall–Kier alpha value is -1.39. The first-order chi connectivity index (χ1) is 11.0. The van der Waals surface area contributed by atoms with E-state index in [0.717, 1.165) is 38.0 Å². The number of hydrogen-bond acceptors (Lipinski definition) is 3. The van der Waals surface area contributed by atoms with E-state index < -0.39 is 0 Å². The molecule has 0 bridgehead atoms. The van der Waals surface area contributed by atoms with Crippen LogP contribution in [0, 0.1) is 11.8 Å². The molecule has 1 heterocycles. The molecule has 1 aliphatic rings. The number of hydrogen-bond donors (Lipinski definition) is 2. The van der Waals surface area contributed by atoms with Crippen LogP contribution in [0.4, 0.5) is 0 Å². The van der Waals surface area contributed by atoms with Crippen molar-refractivity contribution in [2.75, 3.05) is 19.7 Å². The second-order valence-electron chi connectivity index (χ2n) is 7.11. The third kappa shape index (κ3) is 5.33. The van der Waals surface area contributed by atoms with Crippen molar-refractivity contribution in [3.63, 3.8) is 0 Å². The number of carbonyl (C=O) groups is 1. The molecule has 4 nitrogen and oxygen atoms in total. The number of piperidine rings is 1. The summed E-state index contributed by atoms with van der Waals surface area (Å²) < 4.78 is 0. The molecule has 128 valence electrons. The highest BCUT2D eigenvalue weighted by atomic mass is 16.3. The van der Waals surface area contributed by atoms with Crippen LogP contribution in [0.15, 0.2) is 24.3 Å². The fourth-order valence-corrected chi connectivity index (χ4v) is 2.80. The number of aliphatic hydroxyl groups excluding tert-OH is 1. The molecule has 23 heavy (non-hydrogen) atoms. The van der Waals surface area contributed by atoms with Crippen LogP contribution in [0.5, 0.6) is 0 Å². The summed E-state index contributed by atoms with van der Waals surface area (Å²) in [5.41, 5.74) is 1.96. The first-order valence-electron chi connectivity index (χ1n) is 8.72. The van der Waals surface area contributed by atoms with Crippen molar-refractivity contribution in [1.82, 2.24) is 10.2 Å². The normalized spacial score (nSPS) is 18.1. The van der Waals surface area contributed by atoms with Crippen LogP contribution in [0.3, 0.4) is 0 Å². The Bertz CT molecular complexity index is 491. The number of likely N-dealkylation sites (tertiary alicyclic amines) is 1. The topological polar surface area (TPSA) is 52.6 Å². The van der Waals surface area contributed by atoms with Gasteiger partial charge in [-0.05, 0) is 62.4 Å². The molecule has 0 aromatic heterocycles. The molecule has 1 fully saturated rings. The minimum absolute atomic E-state index is 0.00140. The standard InChI is InChI=1S/C19H30N2O2/c1-14(2)15(3)20-19(23)18-6-4-16(5-7-18)12-21-10-8-17(13-22)9-11-21/h4-7,14-15,17,22H,8-13H2,1-3H3,(H,20,23). The molecule has 1 aromatic carbocycles. The van der Waals surface area contributed by atoms with Gasteiger partial charge < -0.3 is 10.4 Å². The van der Waals surface area contributed by atoms with Crippen molar-refractivity contribution >= 4 is 5.91 Å². The van der Waals surface area contributed by atoms with Gasteiger partial charge in [0, 0.05) is 24.8 Å². The van der Waals surface area contributed by atoms with Gasteiger partial charge in [0.15, 0.2) is 0 Å². The third-order valence-electron chi connectivity index (χ3n) is 4.95. The van der Waals surface area contributed by atoms with E-state index in [0.29, 0.717) is 18.4 Å². The van der Waals surface area contributed by atoms with Crippen LogP contribution >= 0.6 is 0 Å². The van der Waals surface area contributed by atoms with Gasteiger partial charge in [-0.3, -0.25) is 9.69 Å². The molecule has 0 saturated carbocycles. The van der Waals surface area contributed by atoms with Crippen molar-refractivity contribution in [1.29, 1.82) is 0 Å². The maximum Gasteiger partial charge on any atom is 0.251 e. The number of rotatable bonds is 6. The van der Waals surface area contributed by atoms with E-state index in [9.17, 15) is 9.90 Å². The lowest BCUT2D eigenvalue weighted by Gasteiger charge is -2.31. The molecule has 0 spiro atoms. The van der Waals surface area contributed by atoms with Gasteiger partial charge in [-0.2, -0.15) is 0 Å². The fraction of sp³-hybridized carbons (Fsp3) is 0.632. The third-order valence-corrected chi connectivity index (χ3v) is 4.95. The molecule has 1 unspecified atom stereocenters. The molecular weight excluding hydrogens is 288 g/mol. The summed E-state index contributed by atoms with van der Waals surface area (Å²) in [7, 11) is 0. The van der Waals surface area contributed by atoms with E-state index in [1.807, 2.05) is 31.2 Å².